The highest BCUT2D eigenvalue weighted by atomic mass is 15.1. The van der Waals surface area contributed by atoms with Gasteiger partial charge in [0, 0.05) is 33.5 Å². The molecule has 0 unspecified atom stereocenters. The largest absolute Gasteiger partial charge is 0.310 e. The average Bonchev–Trinajstić information content (AvgIpc) is 3.39. The average molecular weight is 537 g/mol. The maximum absolute atomic E-state index is 2.41. The van der Waals surface area contributed by atoms with Gasteiger partial charge in [0.25, 0.3) is 0 Å². The number of aromatic nitrogens is 1. The van der Waals surface area contributed by atoms with Crippen molar-refractivity contribution in [1.29, 1.82) is 0 Å². The summed E-state index contributed by atoms with van der Waals surface area (Å²) < 4.78 is 2.41. The van der Waals surface area contributed by atoms with Crippen LogP contribution < -0.4 is 4.90 Å². The summed E-state index contributed by atoms with van der Waals surface area (Å²) in [5, 5.41) is 5.00. The van der Waals surface area contributed by atoms with E-state index in [1.54, 1.807) is 0 Å². The van der Waals surface area contributed by atoms with Crippen LogP contribution in [0.5, 0.6) is 0 Å². The first-order valence-electron chi connectivity index (χ1n) is 14.4. The van der Waals surface area contributed by atoms with Crippen molar-refractivity contribution < 1.29 is 0 Å². The summed E-state index contributed by atoms with van der Waals surface area (Å²) >= 11 is 0. The van der Waals surface area contributed by atoms with Gasteiger partial charge in [0.1, 0.15) is 0 Å². The van der Waals surface area contributed by atoms with Crippen LogP contribution in [0.25, 0.3) is 49.4 Å². The highest BCUT2D eigenvalue weighted by Crippen LogP contribution is 2.40. The van der Waals surface area contributed by atoms with Crippen molar-refractivity contribution in [3.8, 4) is 16.8 Å². The van der Waals surface area contributed by atoms with Crippen LogP contribution in [0.4, 0.5) is 17.1 Å². The minimum atomic E-state index is 1.12. The van der Waals surface area contributed by atoms with Gasteiger partial charge in [-0.15, -0.1) is 0 Å². The molecular formula is C40H28N2. The van der Waals surface area contributed by atoms with E-state index >= 15 is 0 Å². The van der Waals surface area contributed by atoms with Gasteiger partial charge in [-0.05, 0) is 82.6 Å². The normalized spacial score (nSPS) is 11.3. The second-order valence-electron chi connectivity index (χ2n) is 10.7. The molecule has 198 valence electrons. The van der Waals surface area contributed by atoms with Crippen LogP contribution in [0.15, 0.2) is 170 Å². The number of benzene rings is 7. The smallest absolute Gasteiger partial charge is 0.0561 e. The molecule has 1 heterocycles. The van der Waals surface area contributed by atoms with E-state index in [0.29, 0.717) is 0 Å². The zero-order valence-corrected chi connectivity index (χ0v) is 23.1. The molecule has 8 rings (SSSR count). The van der Waals surface area contributed by atoms with Gasteiger partial charge >= 0.3 is 0 Å². The molecule has 0 saturated heterocycles. The molecule has 8 aromatic rings. The van der Waals surface area contributed by atoms with Gasteiger partial charge in [-0.25, -0.2) is 0 Å². The minimum Gasteiger partial charge on any atom is -0.310 e. The number of hydrogen-bond acceptors (Lipinski definition) is 1. The van der Waals surface area contributed by atoms with E-state index in [1.165, 1.54) is 43.7 Å². The lowest BCUT2D eigenvalue weighted by atomic mass is 10.00. The first kappa shape index (κ1) is 24.2. The summed E-state index contributed by atoms with van der Waals surface area (Å²) in [6, 6.07) is 60.9. The van der Waals surface area contributed by atoms with Gasteiger partial charge in [0.2, 0.25) is 0 Å². The van der Waals surface area contributed by atoms with Crippen LogP contribution in [-0.4, -0.2) is 4.57 Å². The number of nitrogens with zero attached hydrogens (tertiary/aromatic N) is 2. The van der Waals surface area contributed by atoms with Crippen molar-refractivity contribution in [2.24, 2.45) is 0 Å². The molecule has 7 aromatic carbocycles. The third-order valence-electron chi connectivity index (χ3n) is 8.14. The van der Waals surface area contributed by atoms with Gasteiger partial charge < -0.3 is 9.47 Å². The fourth-order valence-corrected chi connectivity index (χ4v) is 6.15. The van der Waals surface area contributed by atoms with E-state index in [1.807, 2.05) is 0 Å². The Balaban J connectivity index is 1.37. The van der Waals surface area contributed by atoms with Crippen molar-refractivity contribution in [3.05, 3.63) is 170 Å². The van der Waals surface area contributed by atoms with Crippen LogP contribution in [0.2, 0.25) is 0 Å². The third kappa shape index (κ3) is 4.13. The number of fused-ring (bicyclic) bond motifs is 4. The predicted octanol–water partition coefficient (Wildman–Crippen LogP) is 11.1. The standard InChI is InChI=1S/C40H28N2/c1-4-14-33(15-5-1)41(34-16-6-2-7-17-34)36-23-25-38-37-24-22-32(31-21-20-29-12-10-11-13-30(29)26-31)27-39(37)42(40(38)28-36)35-18-8-3-9-19-35/h1-28H. The molecule has 0 atom stereocenters. The van der Waals surface area contributed by atoms with E-state index in [0.717, 1.165) is 22.7 Å². The predicted molar refractivity (Wildman–Crippen MR) is 178 cm³/mol. The molecule has 0 aliphatic rings. The van der Waals surface area contributed by atoms with Gasteiger partial charge in [-0.1, -0.05) is 109 Å². The van der Waals surface area contributed by atoms with Gasteiger partial charge in [-0.2, -0.15) is 0 Å². The van der Waals surface area contributed by atoms with E-state index in [9.17, 15) is 0 Å². The topological polar surface area (TPSA) is 8.17 Å². The summed E-state index contributed by atoms with van der Waals surface area (Å²) in [5.74, 6) is 0. The Labute approximate surface area is 245 Å². The lowest BCUT2D eigenvalue weighted by Gasteiger charge is -2.25. The van der Waals surface area contributed by atoms with Gasteiger partial charge in [-0.3, -0.25) is 0 Å². The van der Waals surface area contributed by atoms with Crippen LogP contribution >= 0.6 is 0 Å². The first-order chi connectivity index (χ1) is 20.8. The summed E-state index contributed by atoms with van der Waals surface area (Å²) in [4.78, 5) is 2.33. The maximum Gasteiger partial charge on any atom is 0.0561 e. The fraction of sp³-hybridized carbons (Fsp3) is 0. The van der Waals surface area contributed by atoms with Crippen molar-refractivity contribution in [3.63, 3.8) is 0 Å². The van der Waals surface area contributed by atoms with Gasteiger partial charge in [0.15, 0.2) is 0 Å². The third-order valence-corrected chi connectivity index (χ3v) is 8.14. The Hall–Kier alpha value is -5.60. The number of hydrogen-bond donors (Lipinski definition) is 0. The Bertz CT molecular complexity index is 2140. The van der Waals surface area contributed by atoms with Crippen LogP contribution in [0, 0.1) is 0 Å². The molecule has 2 nitrogen and oxygen atoms in total. The lowest BCUT2D eigenvalue weighted by molar-refractivity contribution is 1.18. The number of para-hydroxylation sites is 3. The Kier molecular flexibility index (Phi) is 5.82. The SMILES string of the molecule is c1ccc(N(c2ccccc2)c2ccc3c4ccc(-c5ccc6ccccc6c5)cc4n(-c4ccccc4)c3c2)cc1. The zero-order valence-electron chi connectivity index (χ0n) is 23.1. The van der Waals surface area contributed by atoms with Crippen molar-refractivity contribution in [1.82, 2.24) is 4.57 Å². The highest BCUT2D eigenvalue weighted by molar-refractivity contribution is 6.11. The van der Waals surface area contributed by atoms with E-state index in [-0.39, 0.29) is 0 Å². The zero-order chi connectivity index (χ0) is 27.9. The molecule has 0 spiro atoms. The second kappa shape index (κ2) is 10.1. The van der Waals surface area contributed by atoms with Crippen LogP contribution in [0.1, 0.15) is 0 Å². The van der Waals surface area contributed by atoms with Crippen molar-refractivity contribution in [2.45, 2.75) is 0 Å². The molecular weight excluding hydrogens is 508 g/mol. The fourth-order valence-electron chi connectivity index (χ4n) is 6.15. The summed E-state index contributed by atoms with van der Waals surface area (Å²) in [7, 11) is 0. The molecule has 2 heteroatoms. The molecule has 0 fully saturated rings. The molecule has 1 aromatic heterocycles. The lowest BCUT2D eigenvalue weighted by Crippen LogP contribution is -2.09. The Morgan fingerprint density at radius 1 is 0.357 bits per heavy atom. The highest BCUT2D eigenvalue weighted by Gasteiger charge is 2.18. The van der Waals surface area contributed by atoms with Crippen molar-refractivity contribution >= 4 is 49.6 Å². The van der Waals surface area contributed by atoms with Crippen molar-refractivity contribution in [2.75, 3.05) is 4.90 Å². The van der Waals surface area contributed by atoms with E-state index < -0.39 is 0 Å². The molecule has 0 saturated carbocycles. The molecule has 42 heavy (non-hydrogen) atoms. The monoisotopic (exact) mass is 536 g/mol. The molecule has 0 N–H and O–H groups in total. The van der Waals surface area contributed by atoms with Crippen LogP contribution in [-0.2, 0) is 0 Å². The summed E-state index contributed by atoms with van der Waals surface area (Å²) in [6.45, 7) is 0. The summed E-state index contributed by atoms with van der Waals surface area (Å²) in [5.41, 5.74) is 9.34. The summed E-state index contributed by atoms with van der Waals surface area (Å²) in [6.07, 6.45) is 0. The van der Waals surface area contributed by atoms with Gasteiger partial charge in [0.05, 0.1) is 11.0 Å². The molecule has 0 radical (unpaired) electrons. The molecule has 0 bridgehead atoms. The minimum absolute atomic E-state index is 1.12. The number of rotatable bonds is 5. The first-order valence-corrected chi connectivity index (χ1v) is 14.4. The molecule has 0 amide bonds. The molecule has 0 aliphatic carbocycles. The second-order valence-corrected chi connectivity index (χ2v) is 10.7. The Morgan fingerprint density at radius 3 is 1.57 bits per heavy atom. The quantitative estimate of drug-likeness (QED) is 0.212. The number of anilines is 3. The van der Waals surface area contributed by atoms with E-state index in [2.05, 4.69) is 179 Å². The van der Waals surface area contributed by atoms with Crippen LogP contribution in [0.3, 0.4) is 0 Å². The van der Waals surface area contributed by atoms with E-state index in [4.69, 9.17) is 0 Å². The Morgan fingerprint density at radius 2 is 0.881 bits per heavy atom. The maximum atomic E-state index is 2.41. The molecule has 0 aliphatic heterocycles.